The smallest absolute Gasteiger partial charge is 0.374 e. The quantitative estimate of drug-likeness (QED) is 0.717. The van der Waals surface area contributed by atoms with E-state index in [4.69, 9.17) is 5.11 Å². The third-order valence-corrected chi connectivity index (χ3v) is 2.22. The highest BCUT2D eigenvalue weighted by Gasteiger charge is 2.67. The average molecular weight is 258 g/mol. The first-order valence-electron chi connectivity index (χ1n) is 4.43. The fraction of sp³-hybridized carbons (Fsp3) is 0.400. The fourth-order valence-corrected chi connectivity index (χ4v) is 0.836. The number of hydrogen-bond donors (Lipinski definition) is 1. The molecule has 1 N–H and O–H groups in total. The third-order valence-electron chi connectivity index (χ3n) is 2.22. The summed E-state index contributed by atoms with van der Waals surface area (Å²) < 4.78 is 68.2. The Balaban J connectivity index is 0.000000196. The van der Waals surface area contributed by atoms with Gasteiger partial charge in [0, 0.05) is 0 Å². The van der Waals surface area contributed by atoms with Gasteiger partial charge in [0.2, 0.25) is 0 Å². The number of benzene rings is 1. The molecule has 2 rings (SSSR count). The number of rotatable bonds is 0. The van der Waals surface area contributed by atoms with Crippen molar-refractivity contribution in [2.24, 2.45) is 0 Å². The molecule has 0 atom stereocenters. The van der Waals surface area contributed by atoms with Gasteiger partial charge in [0.15, 0.2) is 0 Å². The lowest BCUT2D eigenvalue weighted by Crippen LogP contribution is -2.54. The second-order valence-corrected chi connectivity index (χ2v) is 3.65. The molecule has 2 aliphatic rings. The minimum Gasteiger partial charge on any atom is -0.374 e. The summed E-state index contributed by atoms with van der Waals surface area (Å²) in [6, 6.07) is 8.48. The molecule has 17 heavy (non-hydrogen) atoms. The Labute approximate surface area is 92.7 Å². The molecule has 0 heterocycles. The van der Waals surface area contributed by atoms with E-state index in [0.29, 0.717) is 0 Å². The highest BCUT2D eigenvalue weighted by atomic mass is 19.4. The van der Waals surface area contributed by atoms with Crippen molar-refractivity contribution < 1.29 is 31.4 Å². The van der Waals surface area contributed by atoms with Crippen LogP contribution in [-0.2, 0) is 0 Å². The van der Waals surface area contributed by atoms with Gasteiger partial charge in [-0.2, -0.15) is 26.3 Å². The second kappa shape index (κ2) is 3.90. The maximum Gasteiger partial charge on any atom is 0.425 e. The first-order chi connectivity index (χ1) is 7.47. The first-order valence-corrected chi connectivity index (χ1v) is 4.43. The summed E-state index contributed by atoms with van der Waals surface area (Å²) in [6.45, 7) is -0.340. The minimum atomic E-state index is -5.69. The summed E-state index contributed by atoms with van der Waals surface area (Å²) in [5, 5.41) is 7.94. The molecule has 96 valence electrons. The molecule has 0 saturated heterocycles. The van der Waals surface area contributed by atoms with Gasteiger partial charge in [0.05, 0.1) is 0 Å². The monoisotopic (exact) mass is 258 g/mol. The SMILES string of the molecule is CC(O)(C(F)(F)F)C(F)(F)F.c1cc2cc-2c1. The van der Waals surface area contributed by atoms with Crippen LogP contribution < -0.4 is 0 Å². The lowest BCUT2D eigenvalue weighted by Gasteiger charge is -2.28. The molecule has 0 radical (unpaired) electrons. The van der Waals surface area contributed by atoms with Gasteiger partial charge in [0.1, 0.15) is 0 Å². The molecule has 0 aromatic carbocycles. The summed E-state index contributed by atoms with van der Waals surface area (Å²) in [5.74, 6) is 0. The molecule has 2 aliphatic carbocycles. The molecule has 0 fully saturated rings. The van der Waals surface area contributed by atoms with Crippen molar-refractivity contribution in [1.82, 2.24) is 0 Å². The largest absolute Gasteiger partial charge is 0.425 e. The zero-order valence-electron chi connectivity index (χ0n) is 8.52. The third kappa shape index (κ3) is 2.91. The first kappa shape index (κ1) is 13.8. The van der Waals surface area contributed by atoms with Gasteiger partial charge in [-0.25, -0.2) is 0 Å². The van der Waals surface area contributed by atoms with Crippen molar-refractivity contribution in [3.63, 3.8) is 0 Å². The van der Waals surface area contributed by atoms with E-state index in [-0.39, 0.29) is 6.92 Å². The number of hydrogen-bond acceptors (Lipinski definition) is 1. The zero-order valence-corrected chi connectivity index (χ0v) is 8.52. The molecular formula is C10H8F6O. The van der Waals surface area contributed by atoms with Gasteiger partial charge in [-0.05, 0) is 24.1 Å². The molecule has 0 spiro atoms. The van der Waals surface area contributed by atoms with Crippen LogP contribution >= 0.6 is 0 Å². The fourth-order valence-electron chi connectivity index (χ4n) is 0.836. The summed E-state index contributed by atoms with van der Waals surface area (Å²) in [5.41, 5.74) is -1.77. The molecule has 0 aliphatic heterocycles. The summed E-state index contributed by atoms with van der Waals surface area (Å²) in [7, 11) is 0. The van der Waals surface area contributed by atoms with Crippen molar-refractivity contribution >= 4 is 0 Å². The van der Waals surface area contributed by atoms with Crippen molar-refractivity contribution in [2.45, 2.75) is 24.9 Å². The van der Waals surface area contributed by atoms with E-state index in [2.05, 4.69) is 24.3 Å². The molecule has 1 nitrogen and oxygen atoms in total. The van der Waals surface area contributed by atoms with E-state index in [1.54, 1.807) is 0 Å². The Hall–Kier alpha value is -1.24. The van der Waals surface area contributed by atoms with Crippen LogP contribution in [0.2, 0.25) is 0 Å². The van der Waals surface area contributed by atoms with Gasteiger partial charge in [-0.1, -0.05) is 18.2 Å². The van der Waals surface area contributed by atoms with Crippen molar-refractivity contribution in [3.05, 3.63) is 24.3 Å². The van der Waals surface area contributed by atoms with Crippen LogP contribution in [0, 0.1) is 0 Å². The van der Waals surface area contributed by atoms with Gasteiger partial charge in [-0.3, -0.25) is 0 Å². The van der Waals surface area contributed by atoms with E-state index < -0.39 is 18.0 Å². The van der Waals surface area contributed by atoms with Crippen LogP contribution in [0.1, 0.15) is 6.92 Å². The van der Waals surface area contributed by atoms with E-state index in [1.807, 2.05) is 0 Å². The molecule has 0 unspecified atom stereocenters. The topological polar surface area (TPSA) is 20.2 Å². The standard InChI is InChI=1S/C6H4.C4H4F6O/c1-2-5-4-6(5)3-1;1-2(11,3(5,6)7)4(8,9)10/h1-4H;11H,1H3. The summed E-state index contributed by atoms with van der Waals surface area (Å²) >= 11 is 0. The Morgan fingerprint density at radius 1 is 0.882 bits per heavy atom. The van der Waals surface area contributed by atoms with Crippen molar-refractivity contribution in [1.29, 1.82) is 0 Å². The molecule has 0 amide bonds. The highest BCUT2D eigenvalue weighted by Crippen LogP contribution is 2.42. The maximum absolute atomic E-state index is 11.4. The second-order valence-electron chi connectivity index (χ2n) is 3.65. The lowest BCUT2D eigenvalue weighted by atomic mass is 10.1. The number of aliphatic hydroxyl groups is 1. The predicted molar refractivity (Wildman–Crippen MR) is 48.2 cm³/mol. The molecule has 0 aromatic rings. The molecule has 0 bridgehead atoms. The maximum atomic E-state index is 11.4. The van der Waals surface area contributed by atoms with Crippen LogP contribution in [0.3, 0.4) is 0 Å². The number of halogens is 6. The Morgan fingerprint density at radius 3 is 1.29 bits per heavy atom. The van der Waals surface area contributed by atoms with Gasteiger partial charge in [-0.15, -0.1) is 0 Å². The highest BCUT2D eigenvalue weighted by molar-refractivity contribution is 5.80. The van der Waals surface area contributed by atoms with E-state index in [9.17, 15) is 26.3 Å². The lowest BCUT2D eigenvalue weighted by molar-refractivity contribution is -0.360. The van der Waals surface area contributed by atoms with E-state index in [1.165, 1.54) is 11.1 Å². The summed E-state index contributed by atoms with van der Waals surface area (Å²) in [4.78, 5) is 0. The van der Waals surface area contributed by atoms with Gasteiger partial charge in [0.25, 0.3) is 5.60 Å². The van der Waals surface area contributed by atoms with Gasteiger partial charge >= 0.3 is 12.4 Å². The average Bonchev–Trinajstić information content (AvgIpc) is 2.71. The predicted octanol–water partition coefficient (Wildman–Crippen LogP) is 3.53. The van der Waals surface area contributed by atoms with Crippen LogP contribution in [0.25, 0.3) is 11.1 Å². The molecule has 7 heteroatoms. The molecular weight excluding hydrogens is 250 g/mol. The normalized spacial score (nSPS) is 13.9. The van der Waals surface area contributed by atoms with Crippen LogP contribution in [-0.4, -0.2) is 23.1 Å². The number of fused-ring (bicyclic) bond motifs is 1. The number of alkyl halides is 6. The zero-order chi connectivity index (χ0) is 13.5. The Kier molecular flexibility index (Phi) is 3.17. The van der Waals surface area contributed by atoms with Crippen LogP contribution in [0.4, 0.5) is 26.3 Å². The Morgan fingerprint density at radius 2 is 1.24 bits per heavy atom. The van der Waals surface area contributed by atoms with Crippen molar-refractivity contribution in [2.75, 3.05) is 0 Å². The van der Waals surface area contributed by atoms with Crippen LogP contribution in [0.15, 0.2) is 24.3 Å². The molecule has 0 aromatic heterocycles. The summed E-state index contributed by atoms with van der Waals surface area (Å²) in [6.07, 6.45) is -11.4. The van der Waals surface area contributed by atoms with E-state index >= 15 is 0 Å². The van der Waals surface area contributed by atoms with Crippen molar-refractivity contribution in [3.8, 4) is 11.1 Å². The minimum absolute atomic E-state index is 0.340. The molecule has 0 saturated carbocycles. The van der Waals surface area contributed by atoms with Gasteiger partial charge < -0.3 is 5.11 Å². The van der Waals surface area contributed by atoms with E-state index in [0.717, 1.165) is 0 Å². The Bertz CT molecular complexity index is 371. The van der Waals surface area contributed by atoms with Crippen LogP contribution in [0.5, 0.6) is 0 Å².